The molecule has 0 aliphatic carbocycles. The van der Waals surface area contributed by atoms with Gasteiger partial charge in [0.25, 0.3) is 0 Å². The molecule has 0 rings (SSSR count). The first-order chi connectivity index (χ1) is 8.40. The second kappa shape index (κ2) is 8.91. The molecule has 3 N–H and O–H groups in total. The van der Waals surface area contributed by atoms with Crippen LogP contribution in [0.4, 0.5) is 0 Å². The third-order valence-electron chi connectivity index (χ3n) is 2.79. The lowest BCUT2D eigenvalue weighted by molar-refractivity contribution is -0.145. The molecule has 0 aliphatic rings. The Morgan fingerprint density at radius 1 is 1.28 bits per heavy atom. The van der Waals surface area contributed by atoms with Crippen LogP contribution < -0.4 is 11.1 Å². The molecule has 0 fully saturated rings. The molecule has 0 heterocycles. The van der Waals surface area contributed by atoms with E-state index in [0.29, 0.717) is 31.2 Å². The van der Waals surface area contributed by atoms with Crippen molar-refractivity contribution in [3.63, 3.8) is 0 Å². The van der Waals surface area contributed by atoms with Crippen LogP contribution in [0, 0.1) is 11.8 Å². The molecule has 18 heavy (non-hydrogen) atoms. The van der Waals surface area contributed by atoms with E-state index in [1.165, 1.54) is 7.11 Å². The molecule has 0 bridgehead atoms. The van der Waals surface area contributed by atoms with Gasteiger partial charge >= 0.3 is 5.97 Å². The topological polar surface area (TPSA) is 81.4 Å². The van der Waals surface area contributed by atoms with Gasteiger partial charge in [-0.05, 0) is 31.2 Å². The molecule has 0 aromatic carbocycles. The molecule has 1 unspecified atom stereocenters. The minimum Gasteiger partial charge on any atom is -0.467 e. The van der Waals surface area contributed by atoms with Crippen molar-refractivity contribution in [1.29, 1.82) is 0 Å². The summed E-state index contributed by atoms with van der Waals surface area (Å²) in [5, 5.41) is 2.72. The number of carbonyl (C=O) groups excluding carboxylic acids is 2. The van der Waals surface area contributed by atoms with E-state index >= 15 is 0 Å². The number of esters is 1. The lowest BCUT2D eigenvalue weighted by Crippen LogP contribution is -2.42. The summed E-state index contributed by atoms with van der Waals surface area (Å²) < 4.78 is 4.69. The SMILES string of the molecule is COC(=O)[C@H](CC(C)C)NC(=O)CCC(C)CN. The summed E-state index contributed by atoms with van der Waals surface area (Å²) in [5.41, 5.74) is 5.49. The second-order valence-corrected chi connectivity index (χ2v) is 5.15. The van der Waals surface area contributed by atoms with E-state index < -0.39 is 6.04 Å². The minimum atomic E-state index is -0.546. The van der Waals surface area contributed by atoms with E-state index in [9.17, 15) is 9.59 Å². The highest BCUT2D eigenvalue weighted by atomic mass is 16.5. The molecule has 0 aromatic heterocycles. The van der Waals surface area contributed by atoms with E-state index in [-0.39, 0.29) is 11.9 Å². The zero-order chi connectivity index (χ0) is 14.1. The molecule has 0 aromatic rings. The first-order valence-electron chi connectivity index (χ1n) is 6.47. The maximum Gasteiger partial charge on any atom is 0.328 e. The number of rotatable bonds is 8. The Morgan fingerprint density at radius 2 is 1.89 bits per heavy atom. The number of hydrogen-bond acceptors (Lipinski definition) is 4. The van der Waals surface area contributed by atoms with Crippen LogP contribution in [0.3, 0.4) is 0 Å². The first-order valence-corrected chi connectivity index (χ1v) is 6.47. The Balaban J connectivity index is 4.22. The van der Waals surface area contributed by atoms with Crippen LogP contribution in [0.15, 0.2) is 0 Å². The van der Waals surface area contributed by atoms with Crippen LogP contribution in [0.25, 0.3) is 0 Å². The number of nitrogens with one attached hydrogen (secondary N) is 1. The normalized spacial score (nSPS) is 14.1. The summed E-state index contributed by atoms with van der Waals surface area (Å²) in [7, 11) is 1.33. The number of hydrogen-bond donors (Lipinski definition) is 2. The van der Waals surface area contributed by atoms with Gasteiger partial charge in [-0.2, -0.15) is 0 Å². The monoisotopic (exact) mass is 258 g/mol. The molecule has 0 saturated carbocycles. The van der Waals surface area contributed by atoms with Crippen LogP contribution in [-0.2, 0) is 14.3 Å². The van der Waals surface area contributed by atoms with Gasteiger partial charge in [0.2, 0.25) is 5.91 Å². The predicted octanol–water partition coefficient (Wildman–Crippen LogP) is 1.07. The van der Waals surface area contributed by atoms with Gasteiger partial charge < -0.3 is 15.8 Å². The van der Waals surface area contributed by atoms with Crippen molar-refractivity contribution in [1.82, 2.24) is 5.32 Å². The Labute approximate surface area is 109 Å². The van der Waals surface area contributed by atoms with Gasteiger partial charge in [-0.25, -0.2) is 4.79 Å². The fourth-order valence-electron chi connectivity index (χ4n) is 1.59. The van der Waals surface area contributed by atoms with Crippen molar-refractivity contribution in [2.45, 2.75) is 46.1 Å². The third kappa shape index (κ3) is 7.27. The molecule has 5 nitrogen and oxygen atoms in total. The molecule has 0 aliphatic heterocycles. The number of ether oxygens (including phenoxy) is 1. The van der Waals surface area contributed by atoms with Crippen molar-refractivity contribution in [3.8, 4) is 0 Å². The standard InChI is InChI=1S/C13H26N2O3/c1-9(2)7-11(13(17)18-4)15-12(16)6-5-10(3)8-14/h9-11H,5-8,14H2,1-4H3,(H,15,16)/t10?,11-/m0/s1. The Bertz CT molecular complexity index is 267. The van der Waals surface area contributed by atoms with Crippen molar-refractivity contribution in [3.05, 3.63) is 0 Å². The highest BCUT2D eigenvalue weighted by Crippen LogP contribution is 2.08. The van der Waals surface area contributed by atoms with Gasteiger partial charge in [-0.15, -0.1) is 0 Å². The van der Waals surface area contributed by atoms with Crippen LogP contribution in [0.1, 0.15) is 40.0 Å². The number of carbonyl (C=O) groups is 2. The fraction of sp³-hybridized carbons (Fsp3) is 0.846. The van der Waals surface area contributed by atoms with Gasteiger partial charge in [-0.3, -0.25) is 4.79 Å². The molecule has 0 radical (unpaired) electrons. The maximum atomic E-state index is 11.7. The molecule has 1 amide bonds. The van der Waals surface area contributed by atoms with Crippen LogP contribution in [-0.4, -0.2) is 31.6 Å². The van der Waals surface area contributed by atoms with E-state index in [2.05, 4.69) is 10.1 Å². The van der Waals surface area contributed by atoms with Crippen LogP contribution >= 0.6 is 0 Å². The molecule has 2 atom stereocenters. The predicted molar refractivity (Wildman–Crippen MR) is 70.9 cm³/mol. The lowest BCUT2D eigenvalue weighted by Gasteiger charge is -2.18. The number of nitrogens with two attached hydrogens (primary N) is 1. The second-order valence-electron chi connectivity index (χ2n) is 5.15. The van der Waals surface area contributed by atoms with Crippen molar-refractivity contribution < 1.29 is 14.3 Å². The van der Waals surface area contributed by atoms with Gasteiger partial charge in [0.1, 0.15) is 6.04 Å². The quantitative estimate of drug-likeness (QED) is 0.638. The van der Waals surface area contributed by atoms with Gasteiger partial charge in [0, 0.05) is 6.42 Å². The summed E-state index contributed by atoms with van der Waals surface area (Å²) in [6.45, 7) is 6.57. The Kier molecular flexibility index (Phi) is 8.37. The zero-order valence-electron chi connectivity index (χ0n) is 11.9. The van der Waals surface area contributed by atoms with Crippen molar-refractivity contribution in [2.75, 3.05) is 13.7 Å². The fourth-order valence-corrected chi connectivity index (χ4v) is 1.59. The van der Waals surface area contributed by atoms with Gasteiger partial charge in [0.15, 0.2) is 0 Å². The molecular weight excluding hydrogens is 232 g/mol. The Morgan fingerprint density at radius 3 is 2.33 bits per heavy atom. The minimum absolute atomic E-state index is 0.119. The maximum absolute atomic E-state index is 11.7. The van der Waals surface area contributed by atoms with Crippen molar-refractivity contribution >= 4 is 11.9 Å². The molecule has 106 valence electrons. The Hall–Kier alpha value is -1.10. The highest BCUT2D eigenvalue weighted by Gasteiger charge is 2.22. The van der Waals surface area contributed by atoms with E-state index in [1.54, 1.807) is 0 Å². The van der Waals surface area contributed by atoms with Gasteiger partial charge in [-0.1, -0.05) is 20.8 Å². The van der Waals surface area contributed by atoms with E-state index in [4.69, 9.17) is 5.73 Å². The average Bonchev–Trinajstić information content (AvgIpc) is 2.33. The zero-order valence-corrected chi connectivity index (χ0v) is 11.9. The summed E-state index contributed by atoms with van der Waals surface area (Å²) >= 11 is 0. The summed E-state index contributed by atoms with van der Waals surface area (Å²) in [6.07, 6.45) is 1.71. The number of methoxy groups -OCH3 is 1. The van der Waals surface area contributed by atoms with Crippen LogP contribution in [0.5, 0.6) is 0 Å². The summed E-state index contributed by atoms with van der Waals surface area (Å²) in [4.78, 5) is 23.2. The molecule has 0 saturated heterocycles. The smallest absolute Gasteiger partial charge is 0.328 e. The van der Waals surface area contributed by atoms with Crippen molar-refractivity contribution in [2.24, 2.45) is 17.6 Å². The summed E-state index contributed by atoms with van der Waals surface area (Å²) in [6, 6.07) is -0.546. The molecular formula is C13H26N2O3. The molecule has 5 heteroatoms. The number of amides is 1. The summed E-state index contributed by atoms with van der Waals surface area (Å²) in [5.74, 6) is 0.130. The third-order valence-corrected chi connectivity index (χ3v) is 2.79. The van der Waals surface area contributed by atoms with Crippen LogP contribution in [0.2, 0.25) is 0 Å². The highest BCUT2D eigenvalue weighted by molar-refractivity contribution is 5.84. The molecule has 0 spiro atoms. The van der Waals surface area contributed by atoms with Gasteiger partial charge in [0.05, 0.1) is 7.11 Å². The largest absolute Gasteiger partial charge is 0.467 e. The first kappa shape index (κ1) is 16.9. The average molecular weight is 258 g/mol. The lowest BCUT2D eigenvalue weighted by atomic mass is 10.0. The van der Waals surface area contributed by atoms with E-state index in [0.717, 1.165) is 6.42 Å². The van der Waals surface area contributed by atoms with E-state index in [1.807, 2.05) is 20.8 Å².